The molecule has 31 heavy (non-hydrogen) atoms. The number of carbonyl (C=O) groups is 1. The molecular weight excluding hydrogens is 400 g/mol. The molecule has 0 spiro atoms. The van der Waals surface area contributed by atoms with Gasteiger partial charge in [-0.25, -0.2) is 4.79 Å². The van der Waals surface area contributed by atoms with E-state index in [9.17, 15) is 14.4 Å². The summed E-state index contributed by atoms with van der Waals surface area (Å²) in [6.07, 6.45) is 9.60. The number of amides is 1. The predicted molar refractivity (Wildman–Crippen MR) is 115 cm³/mol. The minimum atomic E-state index is -0.923. The van der Waals surface area contributed by atoms with Crippen molar-refractivity contribution in [2.75, 3.05) is 26.2 Å². The highest BCUT2D eigenvalue weighted by Gasteiger charge is 2.25. The van der Waals surface area contributed by atoms with Crippen molar-refractivity contribution in [3.8, 4) is 0 Å². The minimum absolute atomic E-state index is 0.0428. The van der Waals surface area contributed by atoms with Crippen molar-refractivity contribution < 1.29 is 9.90 Å². The molecule has 4 rings (SSSR count). The Hall–Kier alpha value is -3.01. The van der Waals surface area contributed by atoms with Gasteiger partial charge >= 0.3 is 6.09 Å². The Labute approximate surface area is 180 Å². The molecule has 0 aliphatic carbocycles. The summed E-state index contributed by atoms with van der Waals surface area (Å²) in [4.78, 5) is 43.8. The first-order valence-electron chi connectivity index (χ1n) is 10.6. The van der Waals surface area contributed by atoms with Gasteiger partial charge in [0.2, 0.25) is 0 Å². The summed E-state index contributed by atoms with van der Waals surface area (Å²) < 4.78 is 3.39. The molecule has 2 fully saturated rings. The van der Waals surface area contributed by atoms with Gasteiger partial charge in [0, 0.05) is 50.5 Å². The van der Waals surface area contributed by atoms with Crippen LogP contribution < -0.4 is 16.4 Å². The van der Waals surface area contributed by atoms with Gasteiger partial charge in [0.25, 0.3) is 11.1 Å². The first-order valence-corrected chi connectivity index (χ1v) is 10.6. The van der Waals surface area contributed by atoms with Crippen LogP contribution in [0, 0.1) is 13.8 Å². The molecule has 0 aromatic carbocycles. The topological polar surface area (TPSA) is 122 Å². The highest BCUT2D eigenvalue weighted by Crippen LogP contribution is 2.19. The minimum Gasteiger partial charge on any atom is -0.465 e. The molecule has 0 unspecified atom stereocenters. The number of piperidine rings is 2. The van der Waals surface area contributed by atoms with Crippen LogP contribution in [0.25, 0.3) is 0 Å². The highest BCUT2D eigenvalue weighted by atomic mass is 16.4. The lowest BCUT2D eigenvalue weighted by molar-refractivity contribution is 0.121. The molecule has 2 N–H and O–H groups in total. The quantitative estimate of drug-likeness (QED) is 0.737. The van der Waals surface area contributed by atoms with Crippen molar-refractivity contribution in [2.24, 2.45) is 0 Å². The van der Waals surface area contributed by atoms with Crippen molar-refractivity contribution in [3.63, 3.8) is 0 Å². The van der Waals surface area contributed by atoms with E-state index in [1.54, 1.807) is 47.8 Å². The standard InChI is InChI=1S/C11H15N3O3.C10H15N3O/c1-8-10(15)14(6-4-12-8)9-3-2-5-13(7-9)11(16)17;1-8-10(14)13(6-5-12-8)9-3-2-4-11-7-9/h4,6,9H,2-3,5,7H2,1H3,(H,16,17);5-6,9,11H,2-4,7H2,1H3/t2*9-/m11/s1. The summed E-state index contributed by atoms with van der Waals surface area (Å²) in [5.41, 5.74) is 0.934. The fourth-order valence-electron chi connectivity index (χ4n) is 4.05. The van der Waals surface area contributed by atoms with Gasteiger partial charge in [0.05, 0.1) is 6.04 Å². The van der Waals surface area contributed by atoms with E-state index in [-0.39, 0.29) is 17.2 Å². The number of hydrogen-bond donors (Lipinski definition) is 2. The highest BCUT2D eigenvalue weighted by molar-refractivity contribution is 5.65. The van der Waals surface area contributed by atoms with Gasteiger partial charge in [-0.05, 0) is 46.1 Å². The van der Waals surface area contributed by atoms with Gasteiger partial charge in [-0.15, -0.1) is 0 Å². The number of aryl methyl sites for hydroxylation is 2. The number of nitrogens with one attached hydrogen (secondary N) is 1. The second-order valence-corrected chi connectivity index (χ2v) is 7.97. The number of rotatable bonds is 2. The molecule has 2 aliphatic rings. The molecule has 2 aromatic rings. The Bertz CT molecular complexity index is 1010. The Morgan fingerprint density at radius 1 is 1.00 bits per heavy atom. The molecule has 10 heteroatoms. The third-order valence-electron chi connectivity index (χ3n) is 5.80. The van der Waals surface area contributed by atoms with Crippen LogP contribution in [0.3, 0.4) is 0 Å². The van der Waals surface area contributed by atoms with Crippen molar-refractivity contribution in [1.82, 2.24) is 29.3 Å². The molecule has 0 bridgehead atoms. The first-order chi connectivity index (χ1) is 14.9. The van der Waals surface area contributed by atoms with Gasteiger partial charge in [0.1, 0.15) is 11.4 Å². The van der Waals surface area contributed by atoms with E-state index in [2.05, 4.69) is 15.3 Å². The summed E-state index contributed by atoms with van der Waals surface area (Å²) in [5.74, 6) is 0. The third-order valence-corrected chi connectivity index (χ3v) is 5.80. The van der Waals surface area contributed by atoms with Crippen LogP contribution in [0.15, 0.2) is 34.4 Å². The molecule has 10 nitrogen and oxygen atoms in total. The van der Waals surface area contributed by atoms with Crippen LogP contribution in [0.4, 0.5) is 4.79 Å². The van der Waals surface area contributed by atoms with E-state index in [1.165, 1.54) is 4.90 Å². The van der Waals surface area contributed by atoms with Crippen LogP contribution >= 0.6 is 0 Å². The van der Waals surface area contributed by atoms with Crippen LogP contribution in [0.5, 0.6) is 0 Å². The van der Waals surface area contributed by atoms with E-state index in [0.29, 0.717) is 30.5 Å². The molecular formula is C21H30N6O4. The summed E-state index contributed by atoms with van der Waals surface area (Å²) in [6.45, 7) is 6.30. The van der Waals surface area contributed by atoms with Gasteiger partial charge < -0.3 is 24.5 Å². The lowest BCUT2D eigenvalue weighted by Crippen LogP contribution is -2.42. The second-order valence-electron chi connectivity index (χ2n) is 7.97. The number of aromatic nitrogens is 4. The molecule has 0 radical (unpaired) electrons. The smallest absolute Gasteiger partial charge is 0.407 e. The summed E-state index contributed by atoms with van der Waals surface area (Å²) in [7, 11) is 0. The maximum atomic E-state index is 11.9. The predicted octanol–water partition coefficient (Wildman–Crippen LogP) is 1.34. The number of carboxylic acid groups (broad SMARTS) is 1. The molecule has 2 aromatic heterocycles. The number of hydrogen-bond acceptors (Lipinski definition) is 6. The Morgan fingerprint density at radius 2 is 1.58 bits per heavy atom. The molecule has 4 heterocycles. The van der Waals surface area contributed by atoms with E-state index >= 15 is 0 Å². The van der Waals surface area contributed by atoms with Crippen LogP contribution in [0.2, 0.25) is 0 Å². The van der Waals surface area contributed by atoms with Gasteiger partial charge in [-0.3, -0.25) is 19.6 Å². The van der Waals surface area contributed by atoms with E-state index in [0.717, 1.165) is 38.8 Å². The van der Waals surface area contributed by atoms with Crippen LogP contribution in [-0.4, -0.2) is 61.4 Å². The molecule has 168 valence electrons. The zero-order valence-electron chi connectivity index (χ0n) is 18.0. The molecule has 0 saturated carbocycles. The summed E-state index contributed by atoms with van der Waals surface area (Å²) >= 11 is 0. The van der Waals surface area contributed by atoms with Gasteiger partial charge in [-0.2, -0.15) is 0 Å². The SMILES string of the molecule is Cc1nccn([C@@H]2CCCN(C(=O)O)C2)c1=O.Cc1nccn([C@@H]2CCCNC2)c1=O. The first kappa shape index (κ1) is 22.7. The zero-order chi connectivity index (χ0) is 22.4. The molecule has 2 aliphatic heterocycles. The Kier molecular flexibility index (Phi) is 7.56. The van der Waals surface area contributed by atoms with Crippen molar-refractivity contribution >= 4 is 6.09 Å². The number of nitrogens with zero attached hydrogens (tertiary/aromatic N) is 5. The lowest BCUT2D eigenvalue weighted by Gasteiger charge is -2.31. The van der Waals surface area contributed by atoms with Crippen LogP contribution in [-0.2, 0) is 0 Å². The zero-order valence-corrected chi connectivity index (χ0v) is 18.0. The second kappa shape index (κ2) is 10.3. The van der Waals surface area contributed by atoms with Crippen molar-refractivity contribution in [1.29, 1.82) is 0 Å². The Balaban J connectivity index is 0.000000179. The van der Waals surface area contributed by atoms with Crippen molar-refractivity contribution in [2.45, 2.75) is 51.6 Å². The monoisotopic (exact) mass is 430 g/mol. The fourth-order valence-corrected chi connectivity index (χ4v) is 4.05. The van der Waals surface area contributed by atoms with Crippen LogP contribution in [0.1, 0.15) is 49.2 Å². The summed E-state index contributed by atoms with van der Waals surface area (Å²) in [5, 5.41) is 12.3. The fraction of sp³-hybridized carbons (Fsp3) is 0.571. The largest absolute Gasteiger partial charge is 0.465 e. The van der Waals surface area contributed by atoms with Gasteiger partial charge in [0.15, 0.2) is 0 Å². The lowest BCUT2D eigenvalue weighted by atomic mass is 10.1. The van der Waals surface area contributed by atoms with E-state index in [1.807, 2.05) is 0 Å². The average molecular weight is 431 g/mol. The number of likely N-dealkylation sites (tertiary alicyclic amines) is 1. The average Bonchev–Trinajstić information content (AvgIpc) is 2.78. The third kappa shape index (κ3) is 5.57. The molecule has 2 saturated heterocycles. The maximum Gasteiger partial charge on any atom is 0.407 e. The van der Waals surface area contributed by atoms with E-state index < -0.39 is 6.09 Å². The summed E-state index contributed by atoms with van der Waals surface area (Å²) in [6, 6.07) is 0.229. The molecule has 1 amide bonds. The van der Waals surface area contributed by atoms with Crippen molar-refractivity contribution in [3.05, 3.63) is 56.9 Å². The normalized spacial score (nSPS) is 21.2. The molecule has 2 atom stereocenters. The van der Waals surface area contributed by atoms with Gasteiger partial charge in [-0.1, -0.05) is 0 Å². The van der Waals surface area contributed by atoms with E-state index in [4.69, 9.17) is 5.11 Å². The maximum absolute atomic E-state index is 11.9. The Morgan fingerprint density at radius 3 is 2.13 bits per heavy atom.